The van der Waals surface area contributed by atoms with Crippen molar-refractivity contribution in [1.29, 1.82) is 0 Å². The number of para-hydroxylation sites is 2. The van der Waals surface area contributed by atoms with Gasteiger partial charge in [0.1, 0.15) is 21.7 Å². The molecular formula is C13H9F2N3O3S2. The summed E-state index contributed by atoms with van der Waals surface area (Å²) >= 11 is 0.885. The van der Waals surface area contributed by atoms with Gasteiger partial charge in [0, 0.05) is 0 Å². The molecule has 23 heavy (non-hydrogen) atoms. The number of sulfonamides is 1. The van der Waals surface area contributed by atoms with E-state index in [1.165, 1.54) is 36.4 Å². The minimum atomic E-state index is -4.04. The Morgan fingerprint density at radius 1 is 1.09 bits per heavy atom. The van der Waals surface area contributed by atoms with Crippen molar-refractivity contribution >= 4 is 38.5 Å². The average molecular weight is 357 g/mol. The maximum atomic E-state index is 12.5. The van der Waals surface area contributed by atoms with Gasteiger partial charge in [-0.05, 0) is 24.3 Å². The molecule has 0 spiro atoms. The second-order valence-electron chi connectivity index (χ2n) is 4.37. The number of aromatic nitrogens is 2. The molecule has 1 N–H and O–H groups in total. The monoisotopic (exact) mass is 357 g/mol. The molecule has 0 aliphatic carbocycles. The van der Waals surface area contributed by atoms with E-state index >= 15 is 0 Å². The topological polar surface area (TPSA) is 81.2 Å². The SMILES string of the molecule is O=S(=O)(Nc1ccccc1OC(F)F)c1cccc2nsnc12. The molecule has 6 nitrogen and oxygen atoms in total. The Kier molecular flexibility index (Phi) is 4.09. The number of nitrogens with one attached hydrogen (secondary N) is 1. The molecule has 2 aromatic carbocycles. The molecule has 1 heterocycles. The summed E-state index contributed by atoms with van der Waals surface area (Å²) < 4.78 is 64.4. The summed E-state index contributed by atoms with van der Waals surface area (Å²) in [5, 5.41) is 0. The molecule has 0 aliphatic rings. The van der Waals surface area contributed by atoms with Crippen molar-refractivity contribution < 1.29 is 21.9 Å². The van der Waals surface area contributed by atoms with E-state index in [1.807, 2.05) is 0 Å². The summed E-state index contributed by atoms with van der Waals surface area (Å²) in [6.45, 7) is -3.06. The lowest BCUT2D eigenvalue weighted by Crippen LogP contribution is -2.15. The Bertz CT molecular complexity index is 944. The quantitative estimate of drug-likeness (QED) is 0.759. The first-order valence-corrected chi connectivity index (χ1v) is 8.47. The van der Waals surface area contributed by atoms with Crippen LogP contribution in [0.2, 0.25) is 0 Å². The highest BCUT2D eigenvalue weighted by Gasteiger charge is 2.21. The average Bonchev–Trinajstić information content (AvgIpc) is 2.96. The number of rotatable bonds is 5. The van der Waals surface area contributed by atoms with Gasteiger partial charge in [-0.1, -0.05) is 18.2 Å². The van der Waals surface area contributed by atoms with Gasteiger partial charge in [-0.3, -0.25) is 4.72 Å². The number of hydrogen-bond acceptors (Lipinski definition) is 6. The smallest absolute Gasteiger partial charge is 0.387 e. The standard InChI is InChI=1S/C13H9F2N3O3S2/c14-13(15)21-10-6-2-1-4-8(10)18-23(19,20)11-7-3-5-9-12(11)17-22-16-9/h1-7,13,18H. The van der Waals surface area contributed by atoms with Crippen LogP contribution in [-0.2, 0) is 10.0 Å². The van der Waals surface area contributed by atoms with Gasteiger partial charge in [0.2, 0.25) is 0 Å². The van der Waals surface area contributed by atoms with Crippen molar-refractivity contribution in [2.24, 2.45) is 0 Å². The fourth-order valence-electron chi connectivity index (χ4n) is 1.95. The summed E-state index contributed by atoms with van der Waals surface area (Å²) in [6, 6.07) is 10.1. The molecule has 0 amide bonds. The molecule has 0 radical (unpaired) electrons. The molecule has 0 saturated heterocycles. The maximum Gasteiger partial charge on any atom is 0.387 e. The Morgan fingerprint density at radius 3 is 2.65 bits per heavy atom. The highest BCUT2D eigenvalue weighted by atomic mass is 32.2. The Balaban J connectivity index is 2.01. The first kappa shape index (κ1) is 15.6. The predicted molar refractivity (Wildman–Crippen MR) is 81.3 cm³/mol. The zero-order chi connectivity index (χ0) is 16.4. The van der Waals surface area contributed by atoms with Crippen LogP contribution in [0.4, 0.5) is 14.5 Å². The van der Waals surface area contributed by atoms with E-state index in [2.05, 4.69) is 18.2 Å². The van der Waals surface area contributed by atoms with Gasteiger partial charge >= 0.3 is 6.61 Å². The van der Waals surface area contributed by atoms with Crippen LogP contribution >= 0.6 is 11.7 Å². The first-order valence-electron chi connectivity index (χ1n) is 6.25. The van der Waals surface area contributed by atoms with Crippen molar-refractivity contribution in [3.8, 4) is 5.75 Å². The fourth-order valence-corrected chi connectivity index (χ4v) is 3.79. The molecule has 0 atom stereocenters. The molecule has 0 unspecified atom stereocenters. The Hall–Kier alpha value is -2.33. The van der Waals surface area contributed by atoms with Crippen LogP contribution in [0.25, 0.3) is 11.0 Å². The van der Waals surface area contributed by atoms with Crippen LogP contribution in [-0.4, -0.2) is 23.8 Å². The molecule has 3 aromatic rings. The van der Waals surface area contributed by atoms with E-state index < -0.39 is 16.6 Å². The first-order chi connectivity index (χ1) is 11.0. The normalized spacial score (nSPS) is 11.8. The molecule has 0 aliphatic heterocycles. The minimum Gasteiger partial charge on any atom is -0.433 e. The van der Waals surface area contributed by atoms with E-state index in [4.69, 9.17) is 0 Å². The van der Waals surface area contributed by atoms with Gasteiger partial charge in [-0.15, -0.1) is 0 Å². The van der Waals surface area contributed by atoms with Crippen molar-refractivity contribution in [3.63, 3.8) is 0 Å². The van der Waals surface area contributed by atoms with Gasteiger partial charge in [0.15, 0.2) is 0 Å². The zero-order valence-corrected chi connectivity index (χ0v) is 12.9. The molecule has 0 fully saturated rings. The van der Waals surface area contributed by atoms with Gasteiger partial charge in [0.05, 0.1) is 17.4 Å². The summed E-state index contributed by atoms with van der Waals surface area (Å²) in [6.07, 6.45) is 0. The zero-order valence-electron chi connectivity index (χ0n) is 11.3. The minimum absolute atomic E-state index is 0.0874. The molecule has 0 bridgehead atoms. The number of benzene rings is 2. The summed E-state index contributed by atoms with van der Waals surface area (Å²) in [4.78, 5) is -0.0874. The van der Waals surface area contributed by atoms with E-state index in [1.54, 1.807) is 6.07 Å². The van der Waals surface area contributed by atoms with Crippen LogP contribution < -0.4 is 9.46 Å². The Labute approximate surface area is 134 Å². The number of nitrogens with zero attached hydrogens (tertiary/aromatic N) is 2. The third-order valence-electron chi connectivity index (χ3n) is 2.89. The van der Waals surface area contributed by atoms with Crippen LogP contribution in [0, 0.1) is 0 Å². The summed E-state index contributed by atoms with van der Waals surface area (Å²) in [7, 11) is -4.04. The van der Waals surface area contributed by atoms with Crippen LogP contribution in [0.15, 0.2) is 47.4 Å². The Morgan fingerprint density at radius 2 is 1.87 bits per heavy atom. The maximum absolute atomic E-state index is 12.5. The van der Waals surface area contributed by atoms with Crippen molar-refractivity contribution in [3.05, 3.63) is 42.5 Å². The molecule has 120 valence electrons. The molecule has 1 aromatic heterocycles. The van der Waals surface area contributed by atoms with E-state index in [0.29, 0.717) is 5.52 Å². The second-order valence-corrected chi connectivity index (χ2v) is 6.55. The fraction of sp³-hybridized carbons (Fsp3) is 0.0769. The number of anilines is 1. The lowest BCUT2D eigenvalue weighted by Gasteiger charge is -2.13. The van der Waals surface area contributed by atoms with Gasteiger partial charge in [-0.2, -0.15) is 17.5 Å². The van der Waals surface area contributed by atoms with Gasteiger partial charge in [0.25, 0.3) is 10.0 Å². The van der Waals surface area contributed by atoms with Crippen molar-refractivity contribution in [2.75, 3.05) is 4.72 Å². The molecule has 0 saturated carbocycles. The molecule has 3 rings (SSSR count). The summed E-state index contributed by atoms with van der Waals surface area (Å²) in [5.74, 6) is -0.269. The van der Waals surface area contributed by atoms with E-state index in [0.717, 1.165) is 11.7 Å². The van der Waals surface area contributed by atoms with Crippen molar-refractivity contribution in [1.82, 2.24) is 8.75 Å². The number of hydrogen-bond donors (Lipinski definition) is 1. The molecular weight excluding hydrogens is 348 g/mol. The second kappa shape index (κ2) is 6.05. The number of halogens is 2. The van der Waals surface area contributed by atoms with E-state index in [-0.39, 0.29) is 21.8 Å². The lowest BCUT2D eigenvalue weighted by atomic mass is 10.3. The number of alkyl halides is 2. The van der Waals surface area contributed by atoms with Crippen molar-refractivity contribution in [2.45, 2.75) is 11.5 Å². The largest absolute Gasteiger partial charge is 0.433 e. The number of fused-ring (bicyclic) bond motifs is 1. The highest BCUT2D eigenvalue weighted by molar-refractivity contribution is 7.93. The third kappa shape index (κ3) is 3.22. The van der Waals surface area contributed by atoms with Crippen LogP contribution in [0.5, 0.6) is 5.75 Å². The predicted octanol–water partition coefficient (Wildman–Crippen LogP) is 3.09. The molecule has 10 heteroatoms. The summed E-state index contributed by atoms with van der Waals surface area (Å²) in [5.41, 5.74) is 0.570. The van der Waals surface area contributed by atoms with Gasteiger partial charge in [-0.25, -0.2) is 8.42 Å². The van der Waals surface area contributed by atoms with Crippen LogP contribution in [0.1, 0.15) is 0 Å². The highest BCUT2D eigenvalue weighted by Crippen LogP contribution is 2.29. The number of ether oxygens (including phenoxy) is 1. The lowest BCUT2D eigenvalue weighted by molar-refractivity contribution is -0.0493. The van der Waals surface area contributed by atoms with Gasteiger partial charge < -0.3 is 4.74 Å². The van der Waals surface area contributed by atoms with Crippen LogP contribution in [0.3, 0.4) is 0 Å². The van der Waals surface area contributed by atoms with E-state index in [9.17, 15) is 17.2 Å². The third-order valence-corrected chi connectivity index (χ3v) is 4.83.